The van der Waals surface area contributed by atoms with Gasteiger partial charge >= 0.3 is 7.82 Å². The third kappa shape index (κ3) is 16.5. The zero-order valence-electron chi connectivity index (χ0n) is 24.3. The second kappa shape index (κ2) is 17.5. The summed E-state index contributed by atoms with van der Waals surface area (Å²) in [4.78, 5) is 10.3. The minimum Gasteiger partial charge on any atom is -0.329 e. The van der Waals surface area contributed by atoms with Gasteiger partial charge in [-0.05, 0) is 25.7 Å². The Bertz CT molecular complexity index is 580. The van der Waals surface area contributed by atoms with Gasteiger partial charge in [-0.15, -0.1) is 0 Å². The Labute approximate surface area is 218 Å². The Morgan fingerprint density at radius 3 is 1.71 bits per heavy atom. The van der Waals surface area contributed by atoms with Gasteiger partial charge in [0.2, 0.25) is 0 Å². The average Bonchev–Trinajstić information content (AvgIpc) is 3.21. The van der Waals surface area contributed by atoms with Crippen molar-refractivity contribution in [2.75, 3.05) is 54.9 Å². The van der Waals surface area contributed by atoms with Crippen LogP contribution in [0, 0.1) is 0 Å². The molecule has 0 saturated heterocycles. The normalized spacial score (nSPS) is 20.9. The largest absolute Gasteiger partial charge is 0.472 e. The SMILES string of the molecule is CCCCCCCCCCCCCCCC[N+](C)(C)[C@H]1CCC[C@H]1OP(=O)(O)OCC[N+](C)(C)C. The van der Waals surface area contributed by atoms with Gasteiger partial charge in [0.05, 0.1) is 41.8 Å². The fourth-order valence-electron chi connectivity index (χ4n) is 5.34. The van der Waals surface area contributed by atoms with Crippen molar-refractivity contribution in [3.8, 4) is 0 Å². The van der Waals surface area contributed by atoms with Crippen molar-refractivity contribution in [2.24, 2.45) is 0 Å². The molecule has 6 nitrogen and oxygen atoms in total. The highest BCUT2D eigenvalue weighted by Crippen LogP contribution is 2.48. The first kappa shape index (κ1) is 33.1. The predicted octanol–water partition coefficient (Wildman–Crippen LogP) is 7.31. The van der Waals surface area contributed by atoms with Crippen LogP contribution in [0.25, 0.3) is 0 Å². The van der Waals surface area contributed by atoms with Crippen molar-refractivity contribution in [3.63, 3.8) is 0 Å². The van der Waals surface area contributed by atoms with Crippen molar-refractivity contribution in [1.82, 2.24) is 0 Å². The molecule has 1 aliphatic rings. The van der Waals surface area contributed by atoms with Crippen LogP contribution in [0.1, 0.15) is 116 Å². The molecule has 0 heterocycles. The summed E-state index contributed by atoms with van der Waals surface area (Å²) in [6.07, 6.45) is 22.0. The lowest BCUT2D eigenvalue weighted by Crippen LogP contribution is -2.53. The number of likely N-dealkylation sites (N-methyl/N-ethyl adjacent to an activating group) is 2. The van der Waals surface area contributed by atoms with E-state index in [2.05, 4.69) is 21.0 Å². The first-order valence-corrected chi connectivity index (χ1v) is 16.3. The van der Waals surface area contributed by atoms with Crippen molar-refractivity contribution in [3.05, 3.63) is 0 Å². The van der Waals surface area contributed by atoms with E-state index in [0.717, 1.165) is 30.3 Å². The number of rotatable bonds is 22. The van der Waals surface area contributed by atoms with E-state index in [0.29, 0.717) is 11.0 Å². The highest BCUT2D eigenvalue weighted by molar-refractivity contribution is 7.47. The second-order valence-corrected chi connectivity index (χ2v) is 14.0. The van der Waals surface area contributed by atoms with Crippen molar-refractivity contribution >= 4 is 7.82 Å². The molecular weight excluding hydrogens is 459 g/mol. The maximum atomic E-state index is 12.5. The van der Waals surface area contributed by atoms with E-state index in [-0.39, 0.29) is 18.8 Å². The maximum Gasteiger partial charge on any atom is 0.472 e. The minimum absolute atomic E-state index is 0.198. The molecule has 35 heavy (non-hydrogen) atoms. The first-order chi connectivity index (χ1) is 16.5. The lowest BCUT2D eigenvalue weighted by atomic mass is 10.0. The van der Waals surface area contributed by atoms with Gasteiger partial charge in [0.25, 0.3) is 0 Å². The van der Waals surface area contributed by atoms with Crippen LogP contribution >= 0.6 is 7.82 Å². The van der Waals surface area contributed by atoms with Gasteiger partial charge in [0, 0.05) is 6.42 Å². The lowest BCUT2D eigenvalue weighted by molar-refractivity contribution is -0.917. The van der Waals surface area contributed by atoms with Crippen molar-refractivity contribution < 1.29 is 27.5 Å². The molecule has 1 fully saturated rings. The Morgan fingerprint density at radius 2 is 1.23 bits per heavy atom. The Balaban J connectivity index is 2.17. The molecule has 1 unspecified atom stereocenters. The van der Waals surface area contributed by atoms with E-state index in [4.69, 9.17) is 9.05 Å². The van der Waals surface area contributed by atoms with E-state index < -0.39 is 7.82 Å². The standard InChI is InChI=1S/C28H60N2O4P/c1-7-8-9-10-11-12-13-14-15-16-17-18-19-20-24-30(5,6)27-22-21-23-28(27)34-35(31,32)33-26-25-29(2,3)4/h27-28H,7-26H2,1-6H3/q+1/p+1/t27-,28+/m0/s1. The minimum atomic E-state index is -4.02. The Kier molecular flexibility index (Phi) is 16.6. The highest BCUT2D eigenvalue weighted by atomic mass is 31.2. The van der Waals surface area contributed by atoms with Crippen LogP contribution in [0.3, 0.4) is 0 Å². The van der Waals surface area contributed by atoms with Crippen LogP contribution in [-0.2, 0) is 13.6 Å². The molecular formula is C28H61N2O4P+2. The molecule has 0 radical (unpaired) electrons. The molecule has 0 amide bonds. The second-order valence-electron chi connectivity index (χ2n) is 12.6. The van der Waals surface area contributed by atoms with Crippen LogP contribution in [-0.4, -0.2) is 80.9 Å². The van der Waals surface area contributed by atoms with Gasteiger partial charge in [-0.1, -0.05) is 84.0 Å². The molecule has 210 valence electrons. The van der Waals surface area contributed by atoms with E-state index in [1.807, 2.05) is 21.1 Å². The summed E-state index contributed by atoms with van der Waals surface area (Å²) >= 11 is 0. The smallest absolute Gasteiger partial charge is 0.329 e. The van der Waals surface area contributed by atoms with Gasteiger partial charge in [-0.2, -0.15) is 0 Å². The Morgan fingerprint density at radius 1 is 0.743 bits per heavy atom. The van der Waals surface area contributed by atoms with E-state index >= 15 is 0 Å². The molecule has 0 aromatic heterocycles. The number of nitrogens with zero attached hydrogens (tertiary/aromatic N) is 2. The maximum absolute atomic E-state index is 12.5. The highest BCUT2D eigenvalue weighted by Gasteiger charge is 2.43. The van der Waals surface area contributed by atoms with Crippen molar-refractivity contribution in [2.45, 2.75) is 128 Å². The fraction of sp³-hybridized carbons (Fsp3) is 1.00. The molecule has 0 bridgehead atoms. The van der Waals surface area contributed by atoms with Crippen LogP contribution in [0.4, 0.5) is 0 Å². The van der Waals surface area contributed by atoms with Crippen LogP contribution < -0.4 is 0 Å². The summed E-state index contributed by atoms with van der Waals surface area (Å²) in [6.45, 7) is 4.28. The number of phosphoric ester groups is 1. The van der Waals surface area contributed by atoms with E-state index in [1.54, 1.807) is 0 Å². The number of unbranched alkanes of at least 4 members (excludes halogenated alkanes) is 13. The van der Waals surface area contributed by atoms with Crippen molar-refractivity contribution in [1.29, 1.82) is 0 Å². The van der Waals surface area contributed by atoms with Crippen LogP contribution in [0.2, 0.25) is 0 Å². The average molecular weight is 521 g/mol. The molecule has 1 saturated carbocycles. The van der Waals surface area contributed by atoms with Crippen LogP contribution in [0.5, 0.6) is 0 Å². The molecule has 1 N–H and O–H groups in total. The monoisotopic (exact) mass is 520 g/mol. The van der Waals surface area contributed by atoms with Gasteiger partial charge in [-0.3, -0.25) is 9.05 Å². The molecule has 0 aromatic rings. The Hall–Kier alpha value is 0.0300. The molecule has 3 atom stereocenters. The summed E-state index contributed by atoms with van der Waals surface area (Å²) < 4.78 is 25.1. The van der Waals surface area contributed by atoms with E-state index in [1.165, 1.54) is 89.9 Å². The summed E-state index contributed by atoms with van der Waals surface area (Å²) in [5, 5.41) is 0. The predicted molar refractivity (Wildman–Crippen MR) is 148 cm³/mol. The molecule has 0 spiro atoms. The van der Waals surface area contributed by atoms with Gasteiger partial charge in [-0.25, -0.2) is 4.57 Å². The fourth-order valence-corrected chi connectivity index (χ4v) is 6.30. The summed E-state index contributed by atoms with van der Waals surface area (Å²) in [5.74, 6) is 0. The summed E-state index contributed by atoms with van der Waals surface area (Å²) in [5.41, 5.74) is 0. The third-order valence-corrected chi connectivity index (χ3v) is 8.73. The number of hydrogen-bond donors (Lipinski definition) is 1. The number of quaternary nitrogens is 2. The summed E-state index contributed by atoms with van der Waals surface area (Å²) in [6, 6.07) is 0.263. The third-order valence-electron chi connectivity index (χ3n) is 7.69. The zero-order valence-corrected chi connectivity index (χ0v) is 25.2. The molecule has 1 aliphatic carbocycles. The first-order valence-electron chi connectivity index (χ1n) is 14.8. The molecule has 0 aromatic carbocycles. The molecule has 0 aliphatic heterocycles. The summed E-state index contributed by atoms with van der Waals surface area (Å²) in [7, 11) is 6.62. The van der Waals surface area contributed by atoms with E-state index in [9.17, 15) is 9.46 Å². The van der Waals surface area contributed by atoms with Gasteiger partial charge in [0.15, 0.2) is 0 Å². The quantitative estimate of drug-likeness (QED) is 0.0924. The lowest BCUT2D eigenvalue weighted by Gasteiger charge is -2.39. The van der Waals surface area contributed by atoms with Gasteiger partial charge < -0.3 is 13.9 Å². The molecule has 7 heteroatoms. The van der Waals surface area contributed by atoms with Gasteiger partial charge in [0.1, 0.15) is 25.3 Å². The van der Waals surface area contributed by atoms with Crippen LogP contribution in [0.15, 0.2) is 0 Å². The zero-order chi connectivity index (χ0) is 26.2. The topological polar surface area (TPSA) is 55.8 Å². The number of hydrogen-bond acceptors (Lipinski definition) is 3. The number of phosphoric acid groups is 1. The molecule has 1 rings (SSSR count).